The minimum atomic E-state index is 0.0850. The largest absolute Gasteiger partial charge is 0.459 e. The first-order chi connectivity index (χ1) is 8.73. The number of aryl methyl sites for hydroxylation is 1. The zero-order chi connectivity index (χ0) is 12.6. The third-order valence-electron chi connectivity index (χ3n) is 4.06. The summed E-state index contributed by atoms with van der Waals surface area (Å²) in [5.41, 5.74) is 2.39. The average molecular weight is 243 g/mol. The first kappa shape index (κ1) is 11.8. The average Bonchev–Trinajstić information content (AvgIpc) is 2.95. The van der Waals surface area contributed by atoms with Crippen molar-refractivity contribution in [2.45, 2.75) is 45.1 Å². The van der Waals surface area contributed by atoms with Crippen LogP contribution in [0.2, 0.25) is 0 Å². The molecule has 0 saturated carbocycles. The van der Waals surface area contributed by atoms with Crippen LogP contribution in [0.15, 0.2) is 28.7 Å². The molecule has 0 bridgehead atoms. The van der Waals surface area contributed by atoms with Crippen LogP contribution in [0.25, 0.3) is 11.0 Å². The summed E-state index contributed by atoms with van der Waals surface area (Å²) < 4.78 is 6.10. The second-order valence-corrected chi connectivity index (χ2v) is 5.51. The molecule has 1 aliphatic heterocycles. The Morgan fingerprint density at radius 1 is 1.33 bits per heavy atom. The second kappa shape index (κ2) is 4.43. The van der Waals surface area contributed by atoms with Gasteiger partial charge in [-0.2, -0.15) is 0 Å². The Morgan fingerprint density at radius 3 is 2.94 bits per heavy atom. The summed E-state index contributed by atoms with van der Waals surface area (Å²) in [6, 6.07) is 8.64. The number of furan rings is 1. The smallest absolute Gasteiger partial charge is 0.134 e. The first-order valence-corrected chi connectivity index (χ1v) is 6.99. The van der Waals surface area contributed by atoms with Crippen LogP contribution in [0, 0.1) is 6.92 Å². The Morgan fingerprint density at radius 2 is 2.22 bits per heavy atom. The van der Waals surface area contributed by atoms with Crippen molar-refractivity contribution in [3.8, 4) is 0 Å². The van der Waals surface area contributed by atoms with Crippen molar-refractivity contribution in [3.05, 3.63) is 35.6 Å². The van der Waals surface area contributed by atoms with E-state index >= 15 is 0 Å². The van der Waals surface area contributed by atoms with Crippen molar-refractivity contribution in [2.75, 3.05) is 6.54 Å². The molecular weight excluding hydrogens is 222 g/mol. The molecule has 1 fully saturated rings. The summed E-state index contributed by atoms with van der Waals surface area (Å²) in [5, 5.41) is 4.90. The van der Waals surface area contributed by atoms with Gasteiger partial charge in [0, 0.05) is 5.39 Å². The van der Waals surface area contributed by atoms with Crippen molar-refractivity contribution in [1.82, 2.24) is 5.32 Å². The molecule has 96 valence electrons. The summed E-state index contributed by atoms with van der Waals surface area (Å²) in [6.45, 7) is 5.48. The number of benzene rings is 1. The highest BCUT2D eigenvalue weighted by molar-refractivity contribution is 5.79. The van der Waals surface area contributed by atoms with Gasteiger partial charge in [-0.05, 0) is 50.9 Å². The Balaban J connectivity index is 2.06. The standard InChI is InChI=1S/C16H21NO/c1-3-7-16(8-4-9-17-16)15-11-13-10-12(2)5-6-14(13)18-15/h5-6,10-11,17H,3-4,7-9H2,1-2H3. The molecule has 1 aromatic heterocycles. The van der Waals surface area contributed by atoms with Crippen molar-refractivity contribution >= 4 is 11.0 Å². The molecule has 0 amide bonds. The molecule has 1 saturated heterocycles. The van der Waals surface area contributed by atoms with Crippen molar-refractivity contribution in [1.29, 1.82) is 0 Å². The number of hydrogen-bond donors (Lipinski definition) is 1. The van der Waals surface area contributed by atoms with Crippen LogP contribution in [-0.4, -0.2) is 6.54 Å². The molecule has 1 N–H and O–H groups in total. The maximum atomic E-state index is 6.10. The lowest BCUT2D eigenvalue weighted by molar-refractivity contribution is 0.292. The summed E-state index contributed by atoms with van der Waals surface area (Å²) in [6.07, 6.45) is 4.78. The molecule has 2 heterocycles. The summed E-state index contributed by atoms with van der Waals surface area (Å²) >= 11 is 0. The van der Waals surface area contributed by atoms with E-state index in [1.165, 1.54) is 30.2 Å². The monoisotopic (exact) mass is 243 g/mol. The minimum absolute atomic E-state index is 0.0850. The van der Waals surface area contributed by atoms with Crippen LogP contribution in [0.1, 0.15) is 43.9 Å². The van der Waals surface area contributed by atoms with Gasteiger partial charge in [-0.3, -0.25) is 0 Å². The molecule has 2 nitrogen and oxygen atoms in total. The van der Waals surface area contributed by atoms with E-state index in [4.69, 9.17) is 4.42 Å². The molecule has 1 aromatic carbocycles. The fourth-order valence-corrected chi connectivity index (χ4v) is 3.18. The van der Waals surface area contributed by atoms with Crippen LogP contribution in [-0.2, 0) is 5.54 Å². The van der Waals surface area contributed by atoms with Gasteiger partial charge in [0.2, 0.25) is 0 Å². The lowest BCUT2D eigenvalue weighted by atomic mass is 9.89. The summed E-state index contributed by atoms with van der Waals surface area (Å²) in [4.78, 5) is 0. The summed E-state index contributed by atoms with van der Waals surface area (Å²) in [7, 11) is 0. The van der Waals surface area contributed by atoms with Crippen LogP contribution in [0.5, 0.6) is 0 Å². The SMILES string of the molecule is CCCC1(c2cc3cc(C)ccc3o2)CCCN1. The predicted octanol–water partition coefficient (Wildman–Crippen LogP) is 4.12. The molecule has 2 aromatic rings. The number of fused-ring (bicyclic) bond motifs is 1. The van der Waals surface area contributed by atoms with Gasteiger partial charge >= 0.3 is 0 Å². The van der Waals surface area contributed by atoms with Gasteiger partial charge in [-0.1, -0.05) is 25.0 Å². The molecule has 0 radical (unpaired) electrons. The van der Waals surface area contributed by atoms with Gasteiger partial charge in [0.1, 0.15) is 11.3 Å². The van der Waals surface area contributed by atoms with E-state index in [-0.39, 0.29) is 5.54 Å². The Kier molecular flexibility index (Phi) is 2.90. The molecule has 1 unspecified atom stereocenters. The summed E-state index contributed by atoms with van der Waals surface area (Å²) in [5.74, 6) is 1.13. The van der Waals surface area contributed by atoms with Gasteiger partial charge in [0.15, 0.2) is 0 Å². The highest BCUT2D eigenvalue weighted by Gasteiger charge is 2.37. The Bertz CT molecular complexity index is 549. The van der Waals surface area contributed by atoms with E-state index < -0.39 is 0 Å². The van der Waals surface area contributed by atoms with Gasteiger partial charge in [-0.15, -0.1) is 0 Å². The van der Waals surface area contributed by atoms with E-state index in [0.29, 0.717) is 0 Å². The molecule has 3 rings (SSSR count). The van der Waals surface area contributed by atoms with Gasteiger partial charge < -0.3 is 9.73 Å². The van der Waals surface area contributed by atoms with E-state index in [9.17, 15) is 0 Å². The zero-order valence-electron chi connectivity index (χ0n) is 11.3. The normalized spacial score (nSPS) is 23.9. The third-order valence-corrected chi connectivity index (χ3v) is 4.06. The highest BCUT2D eigenvalue weighted by Crippen LogP contribution is 2.38. The highest BCUT2D eigenvalue weighted by atomic mass is 16.3. The Hall–Kier alpha value is -1.28. The maximum absolute atomic E-state index is 6.10. The van der Waals surface area contributed by atoms with Crippen LogP contribution < -0.4 is 5.32 Å². The fraction of sp³-hybridized carbons (Fsp3) is 0.500. The minimum Gasteiger partial charge on any atom is -0.459 e. The van der Waals surface area contributed by atoms with Crippen LogP contribution in [0.4, 0.5) is 0 Å². The number of rotatable bonds is 3. The zero-order valence-corrected chi connectivity index (χ0v) is 11.3. The molecule has 1 aliphatic rings. The fourth-order valence-electron chi connectivity index (χ4n) is 3.18. The molecular formula is C16H21NO. The van der Waals surface area contributed by atoms with Crippen molar-refractivity contribution < 1.29 is 4.42 Å². The van der Waals surface area contributed by atoms with Crippen LogP contribution >= 0.6 is 0 Å². The van der Waals surface area contributed by atoms with E-state index in [1.54, 1.807) is 0 Å². The van der Waals surface area contributed by atoms with Gasteiger partial charge in [-0.25, -0.2) is 0 Å². The predicted molar refractivity (Wildman–Crippen MR) is 74.8 cm³/mol. The molecule has 18 heavy (non-hydrogen) atoms. The van der Waals surface area contributed by atoms with Crippen molar-refractivity contribution in [3.63, 3.8) is 0 Å². The second-order valence-electron chi connectivity index (χ2n) is 5.51. The molecule has 1 atom stereocenters. The molecule has 0 spiro atoms. The number of hydrogen-bond acceptors (Lipinski definition) is 2. The van der Waals surface area contributed by atoms with E-state index in [0.717, 1.165) is 24.3 Å². The molecule has 0 aliphatic carbocycles. The van der Waals surface area contributed by atoms with Crippen molar-refractivity contribution in [2.24, 2.45) is 0 Å². The lowest BCUT2D eigenvalue weighted by Crippen LogP contribution is -2.36. The quantitative estimate of drug-likeness (QED) is 0.877. The first-order valence-electron chi connectivity index (χ1n) is 6.99. The maximum Gasteiger partial charge on any atom is 0.134 e. The van der Waals surface area contributed by atoms with E-state index in [1.807, 2.05) is 0 Å². The lowest BCUT2D eigenvalue weighted by Gasteiger charge is -2.26. The number of nitrogens with one attached hydrogen (secondary N) is 1. The van der Waals surface area contributed by atoms with E-state index in [2.05, 4.69) is 43.4 Å². The third kappa shape index (κ3) is 1.85. The Labute approximate surface area is 108 Å². The topological polar surface area (TPSA) is 25.2 Å². The van der Waals surface area contributed by atoms with Gasteiger partial charge in [0.05, 0.1) is 5.54 Å². The van der Waals surface area contributed by atoms with Gasteiger partial charge in [0.25, 0.3) is 0 Å². The van der Waals surface area contributed by atoms with Crippen LogP contribution in [0.3, 0.4) is 0 Å². The molecule has 2 heteroatoms.